The van der Waals surface area contributed by atoms with Crippen molar-refractivity contribution in [2.24, 2.45) is 5.92 Å². The van der Waals surface area contributed by atoms with Gasteiger partial charge in [-0.3, -0.25) is 4.79 Å². The molecule has 0 radical (unpaired) electrons. The fourth-order valence-corrected chi connectivity index (χ4v) is 2.22. The Morgan fingerprint density at radius 1 is 1.47 bits per heavy atom. The van der Waals surface area contributed by atoms with Gasteiger partial charge in [-0.25, -0.2) is 9.69 Å². The molecule has 4 nitrogen and oxygen atoms in total. The highest BCUT2D eigenvalue weighted by atomic mass is 16.6. The molecule has 4 heteroatoms. The second-order valence-electron chi connectivity index (χ2n) is 5.74. The summed E-state index contributed by atoms with van der Waals surface area (Å²) < 4.78 is 5.26. The zero-order valence-corrected chi connectivity index (χ0v) is 11.4. The Kier molecular flexibility index (Phi) is 4.17. The van der Waals surface area contributed by atoms with Gasteiger partial charge >= 0.3 is 6.09 Å². The van der Waals surface area contributed by atoms with E-state index in [0.717, 1.165) is 12.8 Å². The average molecular weight is 241 g/mol. The van der Waals surface area contributed by atoms with Crippen LogP contribution < -0.4 is 0 Å². The second-order valence-corrected chi connectivity index (χ2v) is 5.74. The van der Waals surface area contributed by atoms with Gasteiger partial charge in [-0.05, 0) is 40.0 Å². The van der Waals surface area contributed by atoms with Gasteiger partial charge in [-0.2, -0.15) is 0 Å². The Balaban J connectivity index is 2.71. The molecule has 2 atom stereocenters. The smallest absolute Gasteiger partial charge is 0.417 e. The van der Waals surface area contributed by atoms with Gasteiger partial charge in [-0.15, -0.1) is 0 Å². The number of carbonyl (C=O) groups is 2. The quantitative estimate of drug-likeness (QED) is 0.746. The van der Waals surface area contributed by atoms with Crippen LogP contribution in [0.25, 0.3) is 0 Å². The SMILES string of the molecule is CCCC1CC(=O)N(C(=O)OC(C)(C)C)C1C. The molecule has 0 aromatic rings. The standard InChI is InChI=1S/C13H23NO3/c1-6-7-10-8-11(15)14(9(10)2)12(16)17-13(3,4)5/h9-10H,6-8H2,1-5H3. The Labute approximate surface area is 103 Å². The molecule has 1 rings (SSSR count). The Hall–Kier alpha value is -1.06. The first-order chi connectivity index (χ1) is 7.76. The fourth-order valence-electron chi connectivity index (χ4n) is 2.22. The molecular formula is C13H23NO3. The first-order valence-corrected chi connectivity index (χ1v) is 6.31. The molecule has 1 saturated heterocycles. The highest BCUT2D eigenvalue weighted by Gasteiger charge is 2.41. The molecule has 2 amide bonds. The van der Waals surface area contributed by atoms with Crippen molar-refractivity contribution >= 4 is 12.0 Å². The number of ether oxygens (including phenoxy) is 1. The number of hydrogen-bond acceptors (Lipinski definition) is 3. The van der Waals surface area contributed by atoms with Crippen LogP contribution in [0.4, 0.5) is 4.79 Å². The van der Waals surface area contributed by atoms with Crippen molar-refractivity contribution < 1.29 is 14.3 Å². The minimum atomic E-state index is -0.556. The molecule has 0 spiro atoms. The number of amides is 2. The summed E-state index contributed by atoms with van der Waals surface area (Å²) in [5.41, 5.74) is -0.556. The van der Waals surface area contributed by atoms with E-state index in [4.69, 9.17) is 4.74 Å². The molecular weight excluding hydrogens is 218 g/mol. The maximum Gasteiger partial charge on any atom is 0.417 e. The third kappa shape index (κ3) is 3.45. The molecule has 0 saturated carbocycles. The molecule has 1 aliphatic heterocycles. The molecule has 0 bridgehead atoms. The molecule has 1 fully saturated rings. The molecule has 0 aliphatic carbocycles. The summed E-state index contributed by atoms with van der Waals surface area (Å²) in [6.45, 7) is 9.43. The highest BCUT2D eigenvalue weighted by Crippen LogP contribution is 2.30. The number of likely N-dealkylation sites (tertiary alicyclic amines) is 1. The Morgan fingerprint density at radius 2 is 2.06 bits per heavy atom. The summed E-state index contributed by atoms with van der Waals surface area (Å²) in [5.74, 6) is 0.171. The van der Waals surface area contributed by atoms with Crippen LogP contribution in [0, 0.1) is 5.92 Å². The van der Waals surface area contributed by atoms with Crippen LogP contribution in [0.15, 0.2) is 0 Å². The summed E-state index contributed by atoms with van der Waals surface area (Å²) >= 11 is 0. The first kappa shape index (κ1) is 14.0. The molecule has 0 N–H and O–H groups in total. The van der Waals surface area contributed by atoms with Crippen molar-refractivity contribution in [1.29, 1.82) is 0 Å². The lowest BCUT2D eigenvalue weighted by molar-refractivity contribution is -0.127. The van der Waals surface area contributed by atoms with E-state index in [0.29, 0.717) is 6.42 Å². The lowest BCUT2D eigenvalue weighted by Gasteiger charge is -2.27. The summed E-state index contributed by atoms with van der Waals surface area (Å²) in [6.07, 6.45) is 1.97. The zero-order valence-electron chi connectivity index (χ0n) is 11.4. The molecule has 17 heavy (non-hydrogen) atoms. The van der Waals surface area contributed by atoms with Crippen LogP contribution in [0.5, 0.6) is 0 Å². The fraction of sp³-hybridized carbons (Fsp3) is 0.846. The predicted molar refractivity (Wildman–Crippen MR) is 65.6 cm³/mol. The molecule has 1 heterocycles. The van der Waals surface area contributed by atoms with Crippen LogP contribution >= 0.6 is 0 Å². The number of carbonyl (C=O) groups excluding carboxylic acids is 2. The topological polar surface area (TPSA) is 46.6 Å². The molecule has 2 unspecified atom stereocenters. The van der Waals surface area contributed by atoms with Gasteiger partial charge in [0.15, 0.2) is 0 Å². The second kappa shape index (κ2) is 5.07. The van der Waals surface area contributed by atoms with Crippen LogP contribution in [0.3, 0.4) is 0 Å². The number of hydrogen-bond donors (Lipinski definition) is 0. The van der Waals surface area contributed by atoms with Crippen molar-refractivity contribution in [2.75, 3.05) is 0 Å². The van der Waals surface area contributed by atoms with E-state index in [2.05, 4.69) is 6.92 Å². The maximum atomic E-state index is 11.9. The van der Waals surface area contributed by atoms with E-state index in [1.54, 1.807) is 20.8 Å². The highest BCUT2D eigenvalue weighted by molar-refractivity contribution is 5.94. The minimum Gasteiger partial charge on any atom is -0.443 e. The average Bonchev–Trinajstić information content (AvgIpc) is 2.39. The van der Waals surface area contributed by atoms with Crippen LogP contribution in [0.1, 0.15) is 53.9 Å². The van der Waals surface area contributed by atoms with E-state index < -0.39 is 11.7 Å². The van der Waals surface area contributed by atoms with Crippen LogP contribution in [0.2, 0.25) is 0 Å². The molecule has 98 valence electrons. The van der Waals surface area contributed by atoms with Crippen molar-refractivity contribution in [1.82, 2.24) is 4.90 Å². The summed E-state index contributed by atoms with van der Waals surface area (Å²) in [4.78, 5) is 25.0. The number of nitrogens with zero attached hydrogens (tertiary/aromatic N) is 1. The Morgan fingerprint density at radius 3 is 2.53 bits per heavy atom. The van der Waals surface area contributed by atoms with Crippen molar-refractivity contribution in [3.63, 3.8) is 0 Å². The van der Waals surface area contributed by atoms with Gasteiger partial charge in [0.1, 0.15) is 5.60 Å². The van der Waals surface area contributed by atoms with Crippen molar-refractivity contribution in [3.8, 4) is 0 Å². The minimum absolute atomic E-state index is 0.0442. The van der Waals surface area contributed by atoms with E-state index >= 15 is 0 Å². The third-order valence-corrected chi connectivity index (χ3v) is 3.04. The van der Waals surface area contributed by atoms with Gasteiger partial charge in [0.2, 0.25) is 5.91 Å². The van der Waals surface area contributed by atoms with Gasteiger partial charge in [0.05, 0.1) is 0 Å². The third-order valence-electron chi connectivity index (χ3n) is 3.04. The molecule has 1 aliphatic rings. The monoisotopic (exact) mass is 241 g/mol. The van der Waals surface area contributed by atoms with Gasteiger partial charge in [0, 0.05) is 12.5 Å². The van der Waals surface area contributed by atoms with E-state index in [-0.39, 0.29) is 17.9 Å². The lowest BCUT2D eigenvalue weighted by Crippen LogP contribution is -2.42. The summed E-state index contributed by atoms with van der Waals surface area (Å²) in [6, 6.07) is -0.0442. The van der Waals surface area contributed by atoms with Crippen LogP contribution in [-0.2, 0) is 9.53 Å². The summed E-state index contributed by atoms with van der Waals surface area (Å²) in [5, 5.41) is 0. The molecule has 0 aromatic heterocycles. The molecule has 0 aromatic carbocycles. The zero-order chi connectivity index (χ0) is 13.2. The summed E-state index contributed by atoms with van der Waals surface area (Å²) in [7, 11) is 0. The van der Waals surface area contributed by atoms with E-state index in [9.17, 15) is 9.59 Å². The first-order valence-electron chi connectivity index (χ1n) is 6.31. The van der Waals surface area contributed by atoms with Crippen LogP contribution in [-0.4, -0.2) is 28.5 Å². The number of rotatable bonds is 2. The maximum absolute atomic E-state index is 11.9. The normalized spacial score (nSPS) is 25.2. The van der Waals surface area contributed by atoms with Crippen molar-refractivity contribution in [3.05, 3.63) is 0 Å². The van der Waals surface area contributed by atoms with Gasteiger partial charge < -0.3 is 4.74 Å². The van der Waals surface area contributed by atoms with E-state index in [1.165, 1.54) is 4.90 Å². The van der Waals surface area contributed by atoms with Gasteiger partial charge in [-0.1, -0.05) is 13.3 Å². The largest absolute Gasteiger partial charge is 0.443 e. The van der Waals surface area contributed by atoms with E-state index in [1.807, 2.05) is 6.92 Å². The lowest BCUT2D eigenvalue weighted by atomic mass is 9.96. The van der Waals surface area contributed by atoms with Gasteiger partial charge in [0.25, 0.3) is 0 Å². The number of imide groups is 1. The van der Waals surface area contributed by atoms with Crippen molar-refractivity contribution in [2.45, 2.75) is 65.5 Å². The Bertz CT molecular complexity index is 306. The predicted octanol–water partition coefficient (Wildman–Crippen LogP) is 2.96.